The zero-order valence-electron chi connectivity index (χ0n) is 24.6. The van der Waals surface area contributed by atoms with Crippen LogP contribution in [0.15, 0.2) is 122 Å². The van der Waals surface area contributed by atoms with Gasteiger partial charge in [0.2, 0.25) is 0 Å². The number of sulfone groups is 1. The number of benzene rings is 4. The molecule has 0 atom stereocenters. The maximum atomic E-state index is 13.5. The monoisotopic (exact) mass is 601 g/mol. The van der Waals surface area contributed by atoms with E-state index in [1.54, 1.807) is 49.3 Å². The van der Waals surface area contributed by atoms with Gasteiger partial charge in [-0.2, -0.15) is 5.10 Å². The Hall–Kier alpha value is -5.08. The Kier molecular flexibility index (Phi) is 7.61. The fourth-order valence-electron chi connectivity index (χ4n) is 5.06. The molecular weight excluding hydrogens is 570 g/mol. The van der Waals surface area contributed by atoms with E-state index in [0.717, 1.165) is 33.3 Å². The summed E-state index contributed by atoms with van der Waals surface area (Å²) in [5.74, 6) is 0.291. The molecule has 2 heterocycles. The van der Waals surface area contributed by atoms with Crippen LogP contribution in [0, 0.1) is 0 Å². The van der Waals surface area contributed by atoms with E-state index in [4.69, 9.17) is 4.74 Å². The molecule has 0 amide bonds. The molecule has 0 N–H and O–H groups in total. The second kappa shape index (κ2) is 11.5. The zero-order chi connectivity index (χ0) is 30.9. The van der Waals surface area contributed by atoms with Gasteiger partial charge in [0.25, 0.3) is 0 Å². The van der Waals surface area contributed by atoms with Crippen LogP contribution in [0.4, 0.5) is 0 Å². The van der Waals surface area contributed by atoms with Gasteiger partial charge < -0.3 is 4.74 Å². The number of fused-ring (bicyclic) bond motifs is 1. The number of rotatable bonds is 9. The third kappa shape index (κ3) is 5.64. The molecule has 0 fully saturated rings. The van der Waals surface area contributed by atoms with E-state index < -0.39 is 14.6 Å². The molecule has 0 bridgehead atoms. The molecule has 0 unspecified atom stereocenters. The topological polar surface area (TPSA) is 91.2 Å². The summed E-state index contributed by atoms with van der Waals surface area (Å²) < 4.78 is 32.2. The molecule has 220 valence electrons. The predicted octanol–water partition coefficient (Wildman–Crippen LogP) is 7.18. The third-order valence-electron chi connectivity index (χ3n) is 7.96. The summed E-state index contributed by atoms with van der Waals surface area (Å²) in [6.07, 6.45) is 6.27. The second-order valence-electron chi connectivity index (χ2n) is 11.2. The molecule has 7 nitrogen and oxygen atoms in total. The van der Waals surface area contributed by atoms with Gasteiger partial charge in [0.1, 0.15) is 12.4 Å². The van der Waals surface area contributed by atoms with E-state index in [2.05, 4.69) is 10.1 Å². The average Bonchev–Trinajstić information content (AvgIpc) is 3.54. The molecule has 0 radical (unpaired) electrons. The number of pyridine rings is 1. The van der Waals surface area contributed by atoms with Crippen LogP contribution in [0.25, 0.3) is 27.7 Å². The summed E-state index contributed by atoms with van der Waals surface area (Å²) in [4.78, 5) is 18.1. The number of carbonyl (C=O) groups is 1. The molecule has 6 aromatic rings. The molecule has 4 aromatic carbocycles. The lowest BCUT2D eigenvalue weighted by Gasteiger charge is -2.24. The van der Waals surface area contributed by atoms with Gasteiger partial charge in [-0.25, -0.2) is 13.1 Å². The average molecular weight is 602 g/mol. The molecule has 0 aliphatic heterocycles. The van der Waals surface area contributed by atoms with Gasteiger partial charge in [0, 0.05) is 29.6 Å². The summed E-state index contributed by atoms with van der Waals surface area (Å²) in [6.45, 7) is 3.67. The summed E-state index contributed by atoms with van der Waals surface area (Å²) >= 11 is 0. The number of para-hydroxylation sites is 2. The van der Waals surface area contributed by atoms with E-state index in [9.17, 15) is 13.2 Å². The lowest BCUT2D eigenvalue weighted by atomic mass is 9.93. The van der Waals surface area contributed by atoms with Crippen LogP contribution < -0.4 is 4.74 Å². The van der Waals surface area contributed by atoms with Gasteiger partial charge in [0.05, 0.1) is 33.3 Å². The first-order valence-corrected chi connectivity index (χ1v) is 16.1. The van der Waals surface area contributed by atoms with Crippen molar-refractivity contribution in [1.82, 2.24) is 14.8 Å². The fraction of sp³-hybridized carbons (Fsp3) is 0.139. The molecule has 0 saturated heterocycles. The lowest BCUT2D eigenvalue weighted by molar-refractivity contribution is 0.103. The molecular formula is C36H31N3O4S. The van der Waals surface area contributed by atoms with Crippen molar-refractivity contribution in [3.8, 4) is 22.6 Å². The Labute approximate surface area is 256 Å². The van der Waals surface area contributed by atoms with E-state index in [1.807, 2.05) is 91.0 Å². The highest BCUT2D eigenvalue weighted by Gasteiger charge is 2.33. The summed E-state index contributed by atoms with van der Waals surface area (Å²) in [7, 11) is -3.39. The van der Waals surface area contributed by atoms with Crippen LogP contribution in [0.5, 0.6) is 5.75 Å². The minimum absolute atomic E-state index is 0.181. The van der Waals surface area contributed by atoms with Gasteiger partial charge in [-0.05, 0) is 79.1 Å². The first-order chi connectivity index (χ1) is 21.1. The second-order valence-corrected chi connectivity index (χ2v) is 13.8. The first kappa shape index (κ1) is 29.0. The molecule has 8 heteroatoms. The van der Waals surface area contributed by atoms with Crippen LogP contribution in [-0.2, 0) is 21.2 Å². The zero-order valence-corrected chi connectivity index (χ0v) is 25.5. The summed E-state index contributed by atoms with van der Waals surface area (Å²) in [5, 5.41) is 5.23. The summed E-state index contributed by atoms with van der Waals surface area (Å²) in [6, 6.07) is 32.3. The number of nitrogens with zero attached hydrogens (tertiary/aromatic N) is 3. The largest absolute Gasteiger partial charge is 0.488 e. The summed E-state index contributed by atoms with van der Waals surface area (Å²) in [5.41, 5.74) is 5.86. The van der Waals surface area contributed by atoms with E-state index in [1.165, 1.54) is 6.26 Å². The van der Waals surface area contributed by atoms with Gasteiger partial charge in [-0.3, -0.25) is 9.78 Å². The van der Waals surface area contributed by atoms with Gasteiger partial charge in [-0.1, -0.05) is 54.6 Å². The van der Waals surface area contributed by atoms with Crippen molar-refractivity contribution >= 4 is 26.5 Å². The maximum absolute atomic E-state index is 13.5. The SMILES string of the molecule is CC(C)(c1cc(-c2cccc(COc3ccccc3C(=O)c3cnn(-c4ccccc4)c3)c2)c2ncccc2c1)S(C)(=O)=O. The lowest BCUT2D eigenvalue weighted by Crippen LogP contribution is -2.28. The highest BCUT2D eigenvalue weighted by molar-refractivity contribution is 7.91. The Morgan fingerprint density at radius 2 is 1.66 bits per heavy atom. The van der Waals surface area contributed by atoms with Crippen LogP contribution in [-0.4, -0.2) is 35.2 Å². The van der Waals surface area contributed by atoms with Crippen molar-refractivity contribution < 1.29 is 17.9 Å². The molecule has 6 rings (SSSR count). The van der Waals surface area contributed by atoms with Crippen molar-refractivity contribution in [1.29, 1.82) is 0 Å². The number of hydrogen-bond donors (Lipinski definition) is 0. The Morgan fingerprint density at radius 3 is 2.45 bits per heavy atom. The van der Waals surface area contributed by atoms with Crippen LogP contribution >= 0.6 is 0 Å². The quantitative estimate of drug-likeness (QED) is 0.163. The van der Waals surface area contributed by atoms with Crippen LogP contribution in [0.2, 0.25) is 0 Å². The van der Waals surface area contributed by atoms with E-state index in [-0.39, 0.29) is 12.4 Å². The van der Waals surface area contributed by atoms with Crippen molar-refractivity contribution in [2.45, 2.75) is 25.2 Å². The minimum atomic E-state index is -3.39. The highest BCUT2D eigenvalue weighted by Crippen LogP contribution is 2.36. The van der Waals surface area contributed by atoms with E-state index >= 15 is 0 Å². The number of hydrogen-bond acceptors (Lipinski definition) is 6. The van der Waals surface area contributed by atoms with Crippen molar-refractivity contribution in [2.24, 2.45) is 0 Å². The van der Waals surface area contributed by atoms with Gasteiger partial charge >= 0.3 is 0 Å². The number of aromatic nitrogens is 3. The maximum Gasteiger partial charge on any atom is 0.199 e. The Balaban J connectivity index is 1.29. The third-order valence-corrected chi connectivity index (χ3v) is 10.0. The Morgan fingerprint density at radius 1 is 0.886 bits per heavy atom. The van der Waals surface area contributed by atoms with Gasteiger partial charge in [0.15, 0.2) is 15.6 Å². The predicted molar refractivity (Wildman–Crippen MR) is 173 cm³/mol. The van der Waals surface area contributed by atoms with Crippen molar-refractivity contribution in [3.05, 3.63) is 144 Å². The van der Waals surface area contributed by atoms with Crippen molar-refractivity contribution in [2.75, 3.05) is 6.26 Å². The van der Waals surface area contributed by atoms with E-state index in [0.29, 0.717) is 22.4 Å². The van der Waals surface area contributed by atoms with Crippen LogP contribution in [0.1, 0.15) is 40.9 Å². The molecule has 0 aliphatic rings. The minimum Gasteiger partial charge on any atom is -0.488 e. The number of ketones is 1. The number of ether oxygens (including phenoxy) is 1. The molecule has 0 spiro atoms. The standard InChI is InChI=1S/C36H31N3O4S/c1-36(2,44(3,41)42)29-20-27-13-10-18-37-34(27)32(21-29)26-12-9-11-25(19-26)24-43-33-17-8-7-16-31(33)35(40)28-22-38-39(23-28)30-14-5-4-6-15-30/h4-23H,24H2,1-3H3. The molecule has 0 aliphatic carbocycles. The number of carbonyl (C=O) groups excluding carboxylic acids is 1. The van der Waals surface area contributed by atoms with Gasteiger partial charge in [-0.15, -0.1) is 0 Å². The highest BCUT2D eigenvalue weighted by atomic mass is 32.2. The molecule has 0 saturated carbocycles. The molecule has 2 aromatic heterocycles. The Bertz CT molecular complexity index is 2100. The molecule has 44 heavy (non-hydrogen) atoms. The van der Waals surface area contributed by atoms with Crippen molar-refractivity contribution in [3.63, 3.8) is 0 Å². The first-order valence-electron chi connectivity index (χ1n) is 14.2. The normalized spacial score (nSPS) is 11.9. The fourth-order valence-corrected chi connectivity index (χ4v) is 5.61. The smallest absolute Gasteiger partial charge is 0.199 e. The van der Waals surface area contributed by atoms with Crippen LogP contribution in [0.3, 0.4) is 0 Å².